The highest BCUT2D eigenvalue weighted by molar-refractivity contribution is 9.10. The third-order valence-electron chi connectivity index (χ3n) is 4.33. The van der Waals surface area contributed by atoms with E-state index in [1.165, 1.54) is 37.2 Å². The van der Waals surface area contributed by atoms with Crippen LogP contribution < -0.4 is 21.5 Å². The molecule has 1 aromatic heterocycles. The summed E-state index contributed by atoms with van der Waals surface area (Å²) in [5.74, 6) is -1.59. The van der Waals surface area contributed by atoms with Crippen molar-refractivity contribution in [3.63, 3.8) is 0 Å². The van der Waals surface area contributed by atoms with Crippen molar-refractivity contribution in [1.82, 2.24) is 4.90 Å². The number of nitrogens with one attached hydrogen (secondary N) is 2. The molecule has 0 spiro atoms. The van der Waals surface area contributed by atoms with E-state index in [4.69, 9.17) is 4.42 Å². The highest BCUT2D eigenvalue weighted by Gasteiger charge is 2.44. The average molecular weight is 502 g/mol. The Morgan fingerprint density at radius 2 is 1.84 bits per heavy atom. The number of phenols is 1. The second kappa shape index (κ2) is 8.10. The van der Waals surface area contributed by atoms with Gasteiger partial charge in [0.2, 0.25) is 0 Å². The lowest BCUT2D eigenvalue weighted by Gasteiger charge is -2.23. The van der Waals surface area contributed by atoms with Gasteiger partial charge in [0.05, 0.1) is 15.7 Å². The molecule has 0 aliphatic rings. The molecule has 31 heavy (non-hydrogen) atoms. The predicted octanol–water partition coefficient (Wildman–Crippen LogP) is 3.50. The van der Waals surface area contributed by atoms with Crippen molar-refractivity contribution in [2.75, 3.05) is 24.7 Å². The molecule has 2 aromatic carbocycles. The molecule has 0 radical (unpaired) electrons. The number of aromatic hydroxyl groups is 1. The maximum Gasteiger partial charge on any atom is 0.415 e. The van der Waals surface area contributed by atoms with Crippen LogP contribution in [0.25, 0.3) is 0 Å². The lowest BCUT2D eigenvalue weighted by atomic mass is 10.1. The molecule has 0 unspecified atom stereocenters. The van der Waals surface area contributed by atoms with Crippen LogP contribution in [0.15, 0.2) is 49.0 Å². The highest BCUT2D eigenvalue weighted by Crippen LogP contribution is 2.39. The minimum absolute atomic E-state index is 0.100. The van der Waals surface area contributed by atoms with Crippen LogP contribution in [0.4, 0.5) is 30.2 Å². The zero-order chi connectivity index (χ0) is 23.1. The van der Waals surface area contributed by atoms with Crippen LogP contribution in [0, 0.1) is 0 Å². The maximum absolute atomic E-state index is 13.5. The second-order valence-electron chi connectivity index (χ2n) is 6.72. The number of amides is 1. The monoisotopic (exact) mass is 501 g/mol. The van der Waals surface area contributed by atoms with E-state index >= 15 is 0 Å². The van der Waals surface area contributed by atoms with E-state index in [-0.39, 0.29) is 15.7 Å². The molecular weight excluding hydrogens is 487 g/mol. The third kappa shape index (κ3) is 4.29. The lowest BCUT2D eigenvalue weighted by molar-refractivity contribution is -0.147. The fraction of sp³-hybridized carbons (Fsp3) is 0.211. The van der Waals surface area contributed by atoms with Crippen LogP contribution in [-0.2, 0) is 0 Å². The molecule has 3 rings (SSSR count). The van der Waals surface area contributed by atoms with Gasteiger partial charge in [-0.25, -0.2) is 0 Å². The normalized spacial score (nSPS) is 12.6. The van der Waals surface area contributed by atoms with Crippen LogP contribution in [0.2, 0.25) is 0 Å². The summed E-state index contributed by atoms with van der Waals surface area (Å²) in [5.41, 5.74) is -3.57. The van der Waals surface area contributed by atoms with Crippen LogP contribution in [0.3, 0.4) is 0 Å². The van der Waals surface area contributed by atoms with Crippen molar-refractivity contribution >= 4 is 38.9 Å². The van der Waals surface area contributed by atoms with Gasteiger partial charge in [0.15, 0.2) is 11.8 Å². The van der Waals surface area contributed by atoms with Gasteiger partial charge >= 0.3 is 6.18 Å². The zero-order valence-corrected chi connectivity index (χ0v) is 17.6. The van der Waals surface area contributed by atoms with Crippen molar-refractivity contribution in [2.24, 2.45) is 0 Å². The molecule has 12 heteroatoms. The zero-order valence-electron chi connectivity index (χ0n) is 16.0. The number of halogens is 4. The van der Waals surface area contributed by atoms with Gasteiger partial charge < -0.3 is 25.1 Å². The summed E-state index contributed by atoms with van der Waals surface area (Å²) in [4.78, 5) is 37.3. The van der Waals surface area contributed by atoms with Crippen molar-refractivity contribution in [3.05, 3.63) is 66.8 Å². The summed E-state index contributed by atoms with van der Waals surface area (Å²) < 4.78 is 45.7. The Kier molecular flexibility index (Phi) is 5.85. The number of carbonyl (C=O) groups is 1. The van der Waals surface area contributed by atoms with E-state index in [9.17, 15) is 32.7 Å². The first-order chi connectivity index (χ1) is 14.4. The van der Waals surface area contributed by atoms with Gasteiger partial charge in [-0.2, -0.15) is 13.2 Å². The Bertz CT molecular complexity index is 1210. The molecule has 1 heterocycles. The number of para-hydroxylation sites is 1. The van der Waals surface area contributed by atoms with Gasteiger partial charge in [0.25, 0.3) is 16.8 Å². The topological polar surface area (TPSA) is 112 Å². The number of phenolic OH excluding ortho intramolecular Hbond substituents is 1. The number of benzene rings is 1. The van der Waals surface area contributed by atoms with E-state index in [1.54, 1.807) is 0 Å². The minimum Gasteiger partial charge on any atom is -0.505 e. The average Bonchev–Trinajstić information content (AvgIpc) is 3.12. The van der Waals surface area contributed by atoms with Crippen molar-refractivity contribution in [2.45, 2.75) is 12.2 Å². The van der Waals surface area contributed by atoms with Crippen LogP contribution >= 0.6 is 15.9 Å². The number of hydrogen-bond donors (Lipinski definition) is 3. The quantitative estimate of drug-likeness (QED) is 0.350. The van der Waals surface area contributed by atoms with Crippen LogP contribution in [0.5, 0.6) is 5.75 Å². The van der Waals surface area contributed by atoms with Crippen molar-refractivity contribution < 1.29 is 27.5 Å². The van der Waals surface area contributed by atoms with Gasteiger partial charge in [-0.3, -0.25) is 14.4 Å². The Morgan fingerprint density at radius 3 is 2.39 bits per heavy atom. The first-order valence-electron chi connectivity index (χ1n) is 8.63. The van der Waals surface area contributed by atoms with Gasteiger partial charge in [-0.05, 0) is 34.1 Å². The maximum atomic E-state index is 13.5. The number of furan rings is 1. The summed E-state index contributed by atoms with van der Waals surface area (Å²) in [6.07, 6.45) is -3.81. The fourth-order valence-corrected chi connectivity index (χ4v) is 3.10. The van der Waals surface area contributed by atoms with Crippen molar-refractivity contribution in [3.8, 4) is 5.75 Å². The van der Waals surface area contributed by atoms with Crippen LogP contribution in [0.1, 0.15) is 22.2 Å². The predicted molar refractivity (Wildman–Crippen MR) is 110 cm³/mol. The van der Waals surface area contributed by atoms with Gasteiger partial charge in [-0.1, -0.05) is 6.07 Å². The van der Waals surface area contributed by atoms with E-state index in [0.717, 1.165) is 12.3 Å². The van der Waals surface area contributed by atoms with Gasteiger partial charge in [0, 0.05) is 14.1 Å². The van der Waals surface area contributed by atoms with Crippen molar-refractivity contribution in [1.29, 1.82) is 0 Å². The summed E-state index contributed by atoms with van der Waals surface area (Å²) in [5, 5.41) is 14.8. The van der Waals surface area contributed by atoms with E-state index in [2.05, 4.69) is 21.2 Å². The third-order valence-corrected chi connectivity index (χ3v) is 4.75. The first-order valence-corrected chi connectivity index (χ1v) is 9.42. The smallest absolute Gasteiger partial charge is 0.415 e. The Morgan fingerprint density at radius 1 is 1.19 bits per heavy atom. The number of nitrogens with zero attached hydrogens (tertiary/aromatic N) is 1. The summed E-state index contributed by atoms with van der Waals surface area (Å²) >= 11 is 2.99. The van der Waals surface area contributed by atoms with Crippen LogP contribution in [-0.4, -0.2) is 36.2 Å². The molecule has 1 atom stereocenters. The van der Waals surface area contributed by atoms with Gasteiger partial charge in [0.1, 0.15) is 23.4 Å². The standard InChI is InChI=1S/C19H15BrF3N3O5/c1-26(2)18(30)9-4-3-5-10(14(9)27)24-12-13(16(29)15(12)28)25-17(19(21,22)23)11-6-8(20)7-31-11/h3-7,17,24-25,27H,1-2H3/t17-/m0/s1. The molecule has 0 aliphatic heterocycles. The number of carbonyl (C=O) groups excluding carboxylic acids is 1. The number of anilines is 3. The highest BCUT2D eigenvalue weighted by atomic mass is 79.9. The summed E-state index contributed by atoms with van der Waals surface area (Å²) in [6.45, 7) is 0. The van der Waals surface area contributed by atoms with E-state index in [1.807, 2.05) is 5.32 Å². The molecule has 8 nitrogen and oxygen atoms in total. The molecule has 0 aliphatic carbocycles. The second-order valence-corrected chi connectivity index (χ2v) is 7.64. The Labute approximate surface area is 181 Å². The summed E-state index contributed by atoms with van der Waals surface area (Å²) in [6, 6.07) is 2.70. The van der Waals surface area contributed by atoms with Gasteiger partial charge in [-0.15, -0.1) is 0 Å². The number of alkyl halides is 3. The van der Waals surface area contributed by atoms with E-state index < -0.39 is 51.9 Å². The molecule has 0 saturated carbocycles. The fourth-order valence-electron chi connectivity index (χ4n) is 2.78. The van der Waals surface area contributed by atoms with E-state index in [0.29, 0.717) is 0 Å². The molecule has 1 amide bonds. The molecule has 0 bridgehead atoms. The Hall–Kier alpha value is -3.28. The largest absolute Gasteiger partial charge is 0.505 e. The number of hydrogen-bond acceptors (Lipinski definition) is 7. The molecule has 164 valence electrons. The Balaban J connectivity index is 1.96. The first kappa shape index (κ1) is 22.4. The summed E-state index contributed by atoms with van der Waals surface area (Å²) in [7, 11) is 2.93. The molecule has 0 saturated heterocycles. The minimum atomic E-state index is -4.85. The molecule has 0 fully saturated rings. The molecular formula is C19H15BrF3N3O5. The molecule has 3 N–H and O–H groups in total. The number of rotatable bonds is 6. The molecule has 3 aromatic rings. The SMILES string of the molecule is CN(C)C(=O)c1cccc(Nc2c(N[C@@H](c3cc(Br)co3)C(F)(F)F)c(=O)c2=O)c1O. The lowest BCUT2D eigenvalue weighted by Crippen LogP contribution is -2.40.